The van der Waals surface area contributed by atoms with Gasteiger partial charge in [-0.05, 0) is 55.0 Å². The summed E-state index contributed by atoms with van der Waals surface area (Å²) in [5.41, 5.74) is 3.64. The Bertz CT molecular complexity index is 1100. The molecule has 9 heteroatoms. The Morgan fingerprint density at radius 3 is 2.65 bits per heavy atom. The fourth-order valence-electron chi connectivity index (χ4n) is 2.69. The van der Waals surface area contributed by atoms with Crippen LogP contribution < -0.4 is 19.6 Å². The molecule has 3 aromatic rings. The zero-order chi connectivity index (χ0) is 22.2. The number of rotatable bonds is 9. The lowest BCUT2D eigenvalue weighted by molar-refractivity contribution is -0.142. The van der Waals surface area contributed by atoms with Crippen LogP contribution in [0.4, 0.5) is 0 Å². The van der Waals surface area contributed by atoms with E-state index in [1.54, 1.807) is 42.5 Å². The predicted molar refractivity (Wildman–Crippen MR) is 113 cm³/mol. The molecule has 2 aromatic carbocycles. The summed E-state index contributed by atoms with van der Waals surface area (Å²) in [5, 5.41) is 4.70. The van der Waals surface area contributed by atoms with Crippen molar-refractivity contribution < 1.29 is 33.0 Å². The predicted octanol–water partition coefficient (Wildman–Crippen LogP) is 3.16. The van der Waals surface area contributed by atoms with Crippen molar-refractivity contribution >= 4 is 29.1 Å². The molecule has 0 unspecified atom stereocenters. The number of hydrogen-bond acceptors (Lipinski definition) is 8. The molecule has 1 heterocycles. The number of furan rings is 1. The molecule has 9 nitrogen and oxygen atoms in total. The van der Waals surface area contributed by atoms with Gasteiger partial charge in [0.15, 0.2) is 23.9 Å². The molecule has 0 aliphatic carbocycles. The number of methoxy groups -OCH3 is 2. The first-order valence-electron chi connectivity index (χ1n) is 9.41. The highest BCUT2D eigenvalue weighted by atomic mass is 16.6. The van der Waals surface area contributed by atoms with Crippen LogP contribution in [0.2, 0.25) is 0 Å². The van der Waals surface area contributed by atoms with Crippen molar-refractivity contribution in [3.05, 3.63) is 53.8 Å². The minimum absolute atomic E-state index is 0.130. The molecule has 0 aliphatic heterocycles. The van der Waals surface area contributed by atoms with E-state index in [0.717, 1.165) is 5.39 Å². The average Bonchev–Trinajstić information content (AvgIpc) is 3.21. The number of esters is 1. The standard InChI is InChI=1S/C22H22N2O7/c1-4-29-16-6-8-17-15(10-16)11-20(31-17)22(26)24-23-12-14-5-7-18(19(9-14)27-2)30-13-21(25)28-3/h5-12H,4,13H2,1-3H3,(H,24,26)/b23-12+. The van der Waals surface area contributed by atoms with Gasteiger partial charge in [-0.15, -0.1) is 0 Å². The molecule has 0 radical (unpaired) electrons. The molecular weight excluding hydrogens is 404 g/mol. The van der Waals surface area contributed by atoms with Crippen LogP contribution in [0, 0.1) is 0 Å². The van der Waals surface area contributed by atoms with Crippen LogP contribution in [-0.2, 0) is 9.53 Å². The van der Waals surface area contributed by atoms with Gasteiger partial charge in [0.05, 0.1) is 27.0 Å². The topological polar surface area (TPSA) is 109 Å². The molecule has 0 atom stereocenters. The maximum absolute atomic E-state index is 12.3. The molecule has 0 fully saturated rings. The van der Waals surface area contributed by atoms with Crippen molar-refractivity contribution in [1.82, 2.24) is 5.43 Å². The van der Waals surface area contributed by atoms with E-state index in [0.29, 0.717) is 35.0 Å². The maximum atomic E-state index is 12.3. The number of carbonyl (C=O) groups is 2. The van der Waals surface area contributed by atoms with E-state index in [1.807, 2.05) is 6.92 Å². The summed E-state index contributed by atoms with van der Waals surface area (Å²) in [4.78, 5) is 23.5. The molecule has 1 amide bonds. The largest absolute Gasteiger partial charge is 0.494 e. The third-order valence-corrected chi connectivity index (χ3v) is 4.16. The van der Waals surface area contributed by atoms with Crippen LogP contribution in [0.1, 0.15) is 23.0 Å². The maximum Gasteiger partial charge on any atom is 0.343 e. The molecule has 0 saturated heterocycles. The van der Waals surface area contributed by atoms with Crippen molar-refractivity contribution in [1.29, 1.82) is 0 Å². The summed E-state index contributed by atoms with van der Waals surface area (Å²) in [6.45, 7) is 2.21. The second-order valence-corrected chi connectivity index (χ2v) is 6.22. The molecule has 0 aliphatic rings. The lowest BCUT2D eigenvalue weighted by atomic mass is 10.2. The second kappa shape index (κ2) is 10.1. The van der Waals surface area contributed by atoms with Gasteiger partial charge in [-0.1, -0.05) is 0 Å². The number of nitrogens with zero attached hydrogens (tertiary/aromatic N) is 1. The highest BCUT2D eigenvalue weighted by Gasteiger charge is 2.12. The second-order valence-electron chi connectivity index (χ2n) is 6.22. The van der Waals surface area contributed by atoms with Gasteiger partial charge in [0.2, 0.25) is 0 Å². The third kappa shape index (κ3) is 5.53. The quantitative estimate of drug-likeness (QED) is 0.318. The normalized spacial score (nSPS) is 10.8. The van der Waals surface area contributed by atoms with E-state index >= 15 is 0 Å². The van der Waals surface area contributed by atoms with E-state index in [2.05, 4.69) is 15.3 Å². The molecule has 0 bridgehead atoms. The SMILES string of the molecule is CCOc1ccc2oc(C(=O)N/N=C/c3ccc(OCC(=O)OC)c(OC)c3)cc2c1. The van der Waals surface area contributed by atoms with Gasteiger partial charge in [0.25, 0.3) is 0 Å². The van der Waals surface area contributed by atoms with E-state index in [1.165, 1.54) is 20.4 Å². The van der Waals surface area contributed by atoms with Crippen LogP contribution in [0.25, 0.3) is 11.0 Å². The molecular formula is C22H22N2O7. The lowest BCUT2D eigenvalue weighted by Gasteiger charge is -2.10. The fraction of sp³-hybridized carbons (Fsp3) is 0.227. The summed E-state index contributed by atoms with van der Waals surface area (Å²) in [6.07, 6.45) is 1.44. The van der Waals surface area contributed by atoms with E-state index in [-0.39, 0.29) is 12.4 Å². The lowest BCUT2D eigenvalue weighted by Crippen LogP contribution is -2.16. The Morgan fingerprint density at radius 2 is 1.90 bits per heavy atom. The minimum Gasteiger partial charge on any atom is -0.494 e. The van der Waals surface area contributed by atoms with Crippen molar-refractivity contribution in [3.63, 3.8) is 0 Å². The van der Waals surface area contributed by atoms with Crippen LogP contribution in [0.3, 0.4) is 0 Å². The first kappa shape index (κ1) is 21.7. The van der Waals surface area contributed by atoms with Crippen LogP contribution in [0.5, 0.6) is 17.2 Å². The van der Waals surface area contributed by atoms with Crippen molar-refractivity contribution in [2.45, 2.75) is 6.92 Å². The number of benzene rings is 2. The monoisotopic (exact) mass is 426 g/mol. The van der Waals surface area contributed by atoms with Crippen molar-refractivity contribution in [2.75, 3.05) is 27.4 Å². The molecule has 3 rings (SSSR count). The Hall–Kier alpha value is -4.01. The zero-order valence-corrected chi connectivity index (χ0v) is 17.3. The summed E-state index contributed by atoms with van der Waals surface area (Å²) < 4.78 is 26.2. The molecule has 1 aromatic heterocycles. The fourth-order valence-corrected chi connectivity index (χ4v) is 2.69. The Kier molecular flexibility index (Phi) is 7.10. The Labute approximate surface area is 178 Å². The van der Waals surface area contributed by atoms with E-state index in [9.17, 15) is 9.59 Å². The van der Waals surface area contributed by atoms with Crippen LogP contribution in [-0.4, -0.2) is 45.5 Å². The first-order valence-corrected chi connectivity index (χ1v) is 9.41. The number of nitrogens with one attached hydrogen (secondary N) is 1. The summed E-state index contributed by atoms with van der Waals surface area (Å²) in [6, 6.07) is 11.9. The zero-order valence-electron chi connectivity index (χ0n) is 17.3. The van der Waals surface area contributed by atoms with Gasteiger partial charge in [-0.3, -0.25) is 4.79 Å². The number of fused-ring (bicyclic) bond motifs is 1. The van der Waals surface area contributed by atoms with Gasteiger partial charge in [-0.2, -0.15) is 5.10 Å². The summed E-state index contributed by atoms with van der Waals surface area (Å²) in [7, 11) is 2.75. The van der Waals surface area contributed by atoms with Crippen LogP contribution >= 0.6 is 0 Å². The highest BCUT2D eigenvalue weighted by Crippen LogP contribution is 2.27. The van der Waals surface area contributed by atoms with E-state index < -0.39 is 11.9 Å². The first-order chi connectivity index (χ1) is 15.0. The number of amides is 1. The molecule has 0 saturated carbocycles. The Balaban J connectivity index is 1.65. The van der Waals surface area contributed by atoms with Crippen LogP contribution in [0.15, 0.2) is 52.0 Å². The molecule has 31 heavy (non-hydrogen) atoms. The van der Waals surface area contributed by atoms with Gasteiger partial charge in [-0.25, -0.2) is 10.2 Å². The van der Waals surface area contributed by atoms with Crippen molar-refractivity contribution in [2.24, 2.45) is 5.10 Å². The number of ether oxygens (including phenoxy) is 4. The molecule has 0 spiro atoms. The Morgan fingerprint density at radius 1 is 1.06 bits per heavy atom. The van der Waals surface area contributed by atoms with Gasteiger partial charge < -0.3 is 23.4 Å². The average molecular weight is 426 g/mol. The number of hydrogen-bond donors (Lipinski definition) is 1. The van der Waals surface area contributed by atoms with Gasteiger partial charge >= 0.3 is 11.9 Å². The molecule has 1 N–H and O–H groups in total. The highest BCUT2D eigenvalue weighted by molar-refractivity contribution is 5.96. The van der Waals surface area contributed by atoms with Crippen molar-refractivity contribution in [3.8, 4) is 17.2 Å². The summed E-state index contributed by atoms with van der Waals surface area (Å²) >= 11 is 0. The van der Waals surface area contributed by atoms with E-state index in [4.69, 9.17) is 18.6 Å². The smallest absolute Gasteiger partial charge is 0.343 e. The summed E-state index contributed by atoms with van der Waals surface area (Å²) in [5.74, 6) is 0.619. The number of hydrazone groups is 1. The number of carbonyl (C=O) groups excluding carboxylic acids is 2. The third-order valence-electron chi connectivity index (χ3n) is 4.16. The minimum atomic E-state index is -0.505. The van der Waals surface area contributed by atoms with Gasteiger partial charge in [0.1, 0.15) is 11.3 Å². The van der Waals surface area contributed by atoms with Gasteiger partial charge in [0, 0.05) is 5.39 Å². The molecule has 162 valence electrons.